The molecule has 0 aliphatic carbocycles. The second-order valence-corrected chi connectivity index (χ2v) is 7.91. The Balaban J connectivity index is 1.56. The summed E-state index contributed by atoms with van der Waals surface area (Å²) < 4.78 is 11.5. The van der Waals surface area contributed by atoms with Crippen LogP contribution in [0.4, 0.5) is 11.4 Å². The zero-order valence-corrected chi connectivity index (χ0v) is 20.5. The number of anilines is 2. The smallest absolute Gasteiger partial charge is 0.329 e. The summed E-state index contributed by atoms with van der Waals surface area (Å²) in [6, 6.07) is 18.9. The minimum Gasteiger partial charge on any atom is -0.490 e. The van der Waals surface area contributed by atoms with Gasteiger partial charge in [-0.1, -0.05) is 23.7 Å². The first-order chi connectivity index (χ1) is 17.3. The van der Waals surface area contributed by atoms with E-state index in [0.717, 1.165) is 5.56 Å². The second kappa shape index (κ2) is 12.9. The first-order valence-corrected chi connectivity index (χ1v) is 11.4. The van der Waals surface area contributed by atoms with Crippen LogP contribution in [0, 0.1) is 0 Å². The van der Waals surface area contributed by atoms with Gasteiger partial charge in [-0.25, -0.2) is 5.43 Å². The lowest BCUT2D eigenvalue weighted by Crippen LogP contribution is -2.32. The molecule has 0 bridgehead atoms. The normalized spacial score (nSPS) is 10.5. The van der Waals surface area contributed by atoms with Crippen molar-refractivity contribution in [3.05, 3.63) is 82.9 Å². The monoisotopic (exact) mass is 508 g/mol. The predicted octanol–water partition coefficient (Wildman–Crippen LogP) is 4.36. The number of hydrogen-bond acceptors (Lipinski definition) is 6. The fourth-order valence-electron chi connectivity index (χ4n) is 3.02. The van der Waals surface area contributed by atoms with Crippen LogP contribution in [0.2, 0.25) is 5.02 Å². The summed E-state index contributed by atoms with van der Waals surface area (Å²) in [6.07, 6.45) is 1.39. The molecule has 0 aliphatic rings. The van der Waals surface area contributed by atoms with Gasteiger partial charge < -0.3 is 20.1 Å². The van der Waals surface area contributed by atoms with Crippen molar-refractivity contribution in [3.8, 4) is 11.5 Å². The Kier molecular flexibility index (Phi) is 9.41. The average molecular weight is 509 g/mol. The number of amides is 3. The molecule has 0 radical (unpaired) electrons. The topological polar surface area (TPSA) is 118 Å². The highest BCUT2D eigenvalue weighted by Crippen LogP contribution is 2.29. The maximum Gasteiger partial charge on any atom is 0.329 e. The van der Waals surface area contributed by atoms with E-state index in [2.05, 4.69) is 21.2 Å². The lowest BCUT2D eigenvalue weighted by Gasteiger charge is -2.12. The number of carbonyl (C=O) groups excluding carboxylic acids is 3. The van der Waals surface area contributed by atoms with Gasteiger partial charge in [-0.15, -0.1) is 0 Å². The Morgan fingerprint density at radius 3 is 2.28 bits per heavy atom. The molecular weight excluding hydrogens is 484 g/mol. The summed E-state index contributed by atoms with van der Waals surface area (Å²) >= 11 is 6.02. The molecule has 3 rings (SSSR count). The van der Waals surface area contributed by atoms with Crippen LogP contribution >= 0.6 is 11.6 Å². The fraction of sp³-hybridized carbons (Fsp3) is 0.154. The lowest BCUT2D eigenvalue weighted by atomic mass is 10.2. The molecule has 0 aliphatic heterocycles. The molecule has 3 aromatic carbocycles. The molecule has 0 atom stereocenters. The molecule has 36 heavy (non-hydrogen) atoms. The highest BCUT2D eigenvalue weighted by Gasteiger charge is 2.13. The summed E-state index contributed by atoms with van der Waals surface area (Å²) in [6.45, 7) is 3.99. The van der Waals surface area contributed by atoms with Gasteiger partial charge in [0.1, 0.15) is 6.61 Å². The molecule has 9 nitrogen and oxygen atoms in total. The molecule has 3 aromatic rings. The Morgan fingerprint density at radius 2 is 1.61 bits per heavy atom. The van der Waals surface area contributed by atoms with Gasteiger partial charge >= 0.3 is 11.8 Å². The van der Waals surface area contributed by atoms with Gasteiger partial charge in [0.2, 0.25) is 5.91 Å². The molecule has 0 saturated heterocycles. The second-order valence-electron chi connectivity index (χ2n) is 7.47. The molecular formula is C26H25ClN4O5. The molecule has 0 spiro atoms. The van der Waals surface area contributed by atoms with Gasteiger partial charge in [-0.2, -0.15) is 5.10 Å². The van der Waals surface area contributed by atoms with Crippen LogP contribution in [0.25, 0.3) is 0 Å². The van der Waals surface area contributed by atoms with Crippen LogP contribution in [-0.2, 0) is 21.0 Å². The number of rotatable bonds is 9. The van der Waals surface area contributed by atoms with E-state index in [0.29, 0.717) is 46.7 Å². The van der Waals surface area contributed by atoms with E-state index >= 15 is 0 Å². The number of halogens is 1. The number of hydrazone groups is 1. The Hall–Kier alpha value is -4.37. The average Bonchev–Trinajstić information content (AvgIpc) is 2.84. The van der Waals surface area contributed by atoms with Gasteiger partial charge in [0, 0.05) is 23.3 Å². The minimum absolute atomic E-state index is 0.211. The largest absolute Gasteiger partial charge is 0.490 e. The number of carbonyl (C=O) groups is 3. The molecule has 3 amide bonds. The molecule has 186 valence electrons. The van der Waals surface area contributed by atoms with E-state index in [9.17, 15) is 14.4 Å². The van der Waals surface area contributed by atoms with E-state index in [1.165, 1.54) is 13.1 Å². The van der Waals surface area contributed by atoms with E-state index in [-0.39, 0.29) is 5.91 Å². The molecule has 0 aromatic heterocycles. The number of nitrogens with zero attached hydrogens (tertiary/aromatic N) is 1. The third kappa shape index (κ3) is 8.14. The van der Waals surface area contributed by atoms with Gasteiger partial charge in [0.25, 0.3) is 0 Å². The number of ether oxygens (including phenoxy) is 2. The Morgan fingerprint density at radius 1 is 0.889 bits per heavy atom. The maximum absolute atomic E-state index is 12.1. The van der Waals surface area contributed by atoms with Crippen molar-refractivity contribution in [1.82, 2.24) is 5.43 Å². The van der Waals surface area contributed by atoms with Crippen LogP contribution in [0.15, 0.2) is 71.8 Å². The van der Waals surface area contributed by atoms with E-state index in [1.54, 1.807) is 48.5 Å². The summed E-state index contributed by atoms with van der Waals surface area (Å²) in [4.78, 5) is 35.2. The van der Waals surface area contributed by atoms with Crippen molar-refractivity contribution >= 4 is 46.9 Å². The maximum atomic E-state index is 12.1. The number of benzene rings is 3. The van der Waals surface area contributed by atoms with E-state index in [1.807, 2.05) is 25.1 Å². The van der Waals surface area contributed by atoms with Crippen LogP contribution in [0.1, 0.15) is 25.0 Å². The van der Waals surface area contributed by atoms with Gasteiger partial charge in [-0.05, 0) is 72.6 Å². The summed E-state index contributed by atoms with van der Waals surface area (Å²) in [7, 11) is 0. The summed E-state index contributed by atoms with van der Waals surface area (Å²) in [5.41, 5.74) is 4.69. The van der Waals surface area contributed by atoms with E-state index in [4.69, 9.17) is 21.1 Å². The fourth-order valence-corrected chi connectivity index (χ4v) is 3.24. The third-order valence-corrected chi connectivity index (χ3v) is 4.84. The SMILES string of the molecule is CCOc1cc(/C=N/NC(=O)C(=O)Nc2ccc(NC(C)=O)cc2)ccc1OCc1cccc(Cl)c1. The molecule has 10 heteroatoms. The van der Waals surface area contributed by atoms with E-state index < -0.39 is 11.8 Å². The number of hydrogen-bond donors (Lipinski definition) is 3. The molecule has 0 saturated carbocycles. The van der Waals surface area contributed by atoms with Crippen molar-refractivity contribution in [3.63, 3.8) is 0 Å². The third-order valence-electron chi connectivity index (χ3n) is 4.60. The lowest BCUT2D eigenvalue weighted by molar-refractivity contribution is -0.136. The Bertz CT molecular complexity index is 1260. The Labute approximate surface area is 213 Å². The van der Waals surface area contributed by atoms with Gasteiger partial charge in [0.05, 0.1) is 12.8 Å². The zero-order valence-electron chi connectivity index (χ0n) is 19.7. The molecule has 3 N–H and O–H groups in total. The number of nitrogens with one attached hydrogen (secondary N) is 3. The molecule has 0 heterocycles. The standard InChI is InChI=1S/C26H25ClN4O5/c1-3-35-24-14-18(7-12-23(24)36-16-19-5-4-6-20(27)13-19)15-28-31-26(34)25(33)30-22-10-8-21(9-11-22)29-17(2)32/h4-15H,3,16H2,1-2H3,(H,29,32)(H,30,33)(H,31,34)/b28-15+. The van der Waals surface area contributed by atoms with Crippen LogP contribution in [-0.4, -0.2) is 30.5 Å². The van der Waals surface area contributed by atoms with Crippen molar-refractivity contribution in [2.24, 2.45) is 5.10 Å². The zero-order chi connectivity index (χ0) is 25.9. The predicted molar refractivity (Wildman–Crippen MR) is 139 cm³/mol. The highest BCUT2D eigenvalue weighted by molar-refractivity contribution is 6.39. The molecule has 0 fully saturated rings. The first-order valence-electron chi connectivity index (χ1n) is 11.0. The van der Waals surface area contributed by atoms with Crippen LogP contribution in [0.5, 0.6) is 11.5 Å². The minimum atomic E-state index is -0.941. The van der Waals surface area contributed by atoms with Crippen LogP contribution in [0.3, 0.4) is 0 Å². The quantitative estimate of drug-likeness (QED) is 0.225. The molecule has 0 unspecified atom stereocenters. The van der Waals surface area contributed by atoms with Crippen molar-refractivity contribution in [2.75, 3.05) is 17.2 Å². The summed E-state index contributed by atoms with van der Waals surface area (Å²) in [5, 5.41) is 9.53. The summed E-state index contributed by atoms with van der Waals surface area (Å²) in [5.74, 6) is -0.989. The van der Waals surface area contributed by atoms with Crippen molar-refractivity contribution in [2.45, 2.75) is 20.5 Å². The van der Waals surface area contributed by atoms with Crippen molar-refractivity contribution < 1.29 is 23.9 Å². The van der Waals surface area contributed by atoms with Gasteiger partial charge in [-0.3, -0.25) is 14.4 Å². The van der Waals surface area contributed by atoms with Crippen molar-refractivity contribution in [1.29, 1.82) is 0 Å². The van der Waals surface area contributed by atoms with Gasteiger partial charge in [0.15, 0.2) is 11.5 Å². The van der Waals surface area contributed by atoms with Crippen LogP contribution < -0.4 is 25.5 Å². The highest BCUT2D eigenvalue weighted by atomic mass is 35.5. The first kappa shape index (κ1) is 26.2.